The zero-order valence-electron chi connectivity index (χ0n) is 8.06. The summed E-state index contributed by atoms with van der Waals surface area (Å²) in [6, 6.07) is 0. The van der Waals surface area contributed by atoms with Crippen LogP contribution in [0.15, 0.2) is 10.7 Å². The van der Waals surface area contributed by atoms with Crippen LogP contribution in [0.5, 0.6) is 0 Å². The lowest BCUT2D eigenvalue weighted by atomic mass is 10.1. The molecule has 0 spiro atoms. The molecule has 1 aromatic rings. The molecule has 0 aliphatic rings. The van der Waals surface area contributed by atoms with Gasteiger partial charge in [-0.05, 0) is 25.8 Å². The van der Waals surface area contributed by atoms with Gasteiger partial charge in [0.2, 0.25) is 0 Å². The largest absolute Gasteiger partial charge is 0.481 e. The van der Waals surface area contributed by atoms with Gasteiger partial charge in [-0.3, -0.25) is 4.79 Å². The average molecular weight is 311 g/mol. The maximum Gasteiger partial charge on any atom is 0.373 e. The summed E-state index contributed by atoms with van der Waals surface area (Å²) in [6.45, 7) is 0. The maximum atomic E-state index is 12.6. The summed E-state index contributed by atoms with van der Waals surface area (Å²) in [4.78, 5) is 23.1. The number of aliphatic carboxylic acids is 1. The molecule has 0 unspecified atom stereocenters. The zero-order valence-corrected chi connectivity index (χ0v) is 9.65. The third-order valence-corrected chi connectivity index (χ3v) is 2.77. The monoisotopic (exact) mass is 310 g/mol. The van der Waals surface area contributed by atoms with Crippen molar-refractivity contribution in [1.29, 1.82) is 0 Å². The lowest BCUT2D eigenvalue weighted by Crippen LogP contribution is -2.06. The van der Waals surface area contributed by atoms with Crippen molar-refractivity contribution in [1.82, 2.24) is 4.98 Å². The second-order valence-corrected chi connectivity index (χ2v) is 3.76. The number of rotatable bonds is 4. The highest BCUT2D eigenvalue weighted by molar-refractivity contribution is 9.10. The van der Waals surface area contributed by atoms with E-state index in [4.69, 9.17) is 5.11 Å². The van der Waals surface area contributed by atoms with Gasteiger partial charge in [-0.2, -0.15) is 0 Å². The molecule has 0 aromatic carbocycles. The number of nitrogens with zero attached hydrogens (tertiary/aromatic N) is 2. The first-order chi connectivity index (χ1) is 7.84. The van der Waals surface area contributed by atoms with E-state index >= 15 is 0 Å². The number of nitro groups is 1. The molecular weight excluding hydrogens is 306 g/mol. The number of pyridine rings is 1. The Morgan fingerprint density at radius 1 is 1.65 bits per heavy atom. The second kappa shape index (κ2) is 5.13. The van der Waals surface area contributed by atoms with Crippen LogP contribution >= 0.6 is 15.9 Å². The molecule has 1 heterocycles. The van der Waals surface area contributed by atoms with Crippen LogP contribution in [-0.4, -0.2) is 21.0 Å². The summed E-state index contributed by atoms with van der Waals surface area (Å²) in [5.41, 5.74) is -0.952. The van der Waals surface area contributed by atoms with E-state index < -0.39 is 35.1 Å². The molecule has 0 fully saturated rings. The first-order valence-corrected chi connectivity index (χ1v) is 4.95. The van der Waals surface area contributed by atoms with E-state index in [0.717, 1.165) is 6.20 Å². The predicted octanol–water partition coefficient (Wildman–Crippen LogP) is 2.32. The Bertz CT molecular complexity index is 481. The number of alkyl halides is 2. The fourth-order valence-electron chi connectivity index (χ4n) is 1.16. The van der Waals surface area contributed by atoms with E-state index in [9.17, 15) is 23.7 Å². The van der Waals surface area contributed by atoms with Crippen molar-refractivity contribution in [3.05, 3.63) is 31.9 Å². The number of carbonyl (C=O) groups is 1. The fraction of sp³-hybridized carbons (Fsp3) is 0.250. The minimum atomic E-state index is -3.12. The highest BCUT2D eigenvalue weighted by Gasteiger charge is 2.28. The average Bonchev–Trinajstić information content (AvgIpc) is 2.19. The summed E-state index contributed by atoms with van der Waals surface area (Å²) in [5, 5.41) is 19.0. The van der Waals surface area contributed by atoms with Crippen LogP contribution < -0.4 is 0 Å². The first kappa shape index (κ1) is 13.4. The van der Waals surface area contributed by atoms with Gasteiger partial charge in [-0.15, -0.1) is 0 Å². The van der Waals surface area contributed by atoms with Gasteiger partial charge in [0.15, 0.2) is 0 Å². The number of carboxylic acid groups (broad SMARTS) is 1. The van der Waals surface area contributed by atoms with E-state index in [-0.39, 0.29) is 10.0 Å². The minimum Gasteiger partial charge on any atom is -0.481 e. The third kappa shape index (κ3) is 2.93. The topological polar surface area (TPSA) is 93.3 Å². The molecule has 0 amide bonds. The van der Waals surface area contributed by atoms with Crippen molar-refractivity contribution in [3.63, 3.8) is 0 Å². The summed E-state index contributed by atoms with van der Waals surface area (Å²) >= 11 is 2.74. The van der Waals surface area contributed by atoms with Gasteiger partial charge in [0.05, 0.1) is 6.42 Å². The van der Waals surface area contributed by atoms with Crippen LogP contribution in [0.4, 0.5) is 14.6 Å². The Kier molecular flexibility index (Phi) is 4.05. The van der Waals surface area contributed by atoms with Crippen LogP contribution in [0.25, 0.3) is 0 Å². The number of hydrogen-bond donors (Lipinski definition) is 1. The zero-order chi connectivity index (χ0) is 13.2. The lowest BCUT2D eigenvalue weighted by molar-refractivity contribution is -0.391. The van der Waals surface area contributed by atoms with Crippen molar-refractivity contribution in [2.24, 2.45) is 0 Å². The Hall–Kier alpha value is -1.64. The van der Waals surface area contributed by atoms with Crippen molar-refractivity contribution in [2.75, 3.05) is 0 Å². The van der Waals surface area contributed by atoms with E-state index in [1.807, 2.05) is 0 Å². The quantitative estimate of drug-likeness (QED) is 0.680. The summed E-state index contributed by atoms with van der Waals surface area (Å²) in [7, 11) is 0. The molecule has 0 aliphatic carbocycles. The van der Waals surface area contributed by atoms with E-state index in [0.29, 0.717) is 0 Å². The number of halogens is 3. The minimum absolute atomic E-state index is 0.0431. The van der Waals surface area contributed by atoms with Crippen molar-refractivity contribution >= 4 is 27.7 Å². The maximum absolute atomic E-state index is 12.6. The molecule has 1 aromatic heterocycles. The predicted molar refractivity (Wildman–Crippen MR) is 54.9 cm³/mol. The van der Waals surface area contributed by atoms with Gasteiger partial charge in [0, 0.05) is 10.0 Å². The van der Waals surface area contributed by atoms with Gasteiger partial charge < -0.3 is 15.2 Å². The Labute approximate surface area is 102 Å². The molecule has 0 aliphatic heterocycles. The molecule has 0 atom stereocenters. The molecule has 0 bridgehead atoms. The molecule has 17 heavy (non-hydrogen) atoms. The van der Waals surface area contributed by atoms with Crippen molar-refractivity contribution < 1.29 is 23.6 Å². The van der Waals surface area contributed by atoms with E-state index in [1.165, 1.54) is 0 Å². The smallest absolute Gasteiger partial charge is 0.373 e. The van der Waals surface area contributed by atoms with Gasteiger partial charge in [0.25, 0.3) is 6.43 Å². The molecule has 6 nitrogen and oxygen atoms in total. The van der Waals surface area contributed by atoms with Crippen LogP contribution in [0.3, 0.4) is 0 Å². The summed E-state index contributed by atoms with van der Waals surface area (Å²) in [5.74, 6) is -2.23. The number of hydrogen-bond acceptors (Lipinski definition) is 4. The van der Waals surface area contributed by atoms with Crippen molar-refractivity contribution in [2.45, 2.75) is 12.8 Å². The van der Waals surface area contributed by atoms with Crippen LogP contribution in [0.2, 0.25) is 0 Å². The van der Waals surface area contributed by atoms with Crippen LogP contribution in [0.1, 0.15) is 17.6 Å². The highest BCUT2D eigenvalue weighted by atomic mass is 79.9. The fourth-order valence-corrected chi connectivity index (χ4v) is 1.75. The molecule has 1 rings (SSSR count). The molecule has 92 valence electrons. The molecule has 0 radical (unpaired) electrons. The van der Waals surface area contributed by atoms with Gasteiger partial charge in [0.1, 0.15) is 11.8 Å². The summed E-state index contributed by atoms with van der Waals surface area (Å²) < 4.78 is 25.0. The molecule has 1 N–H and O–H groups in total. The number of carboxylic acids is 1. The molecule has 9 heteroatoms. The van der Waals surface area contributed by atoms with Gasteiger partial charge >= 0.3 is 11.8 Å². The van der Waals surface area contributed by atoms with Gasteiger partial charge in [-0.25, -0.2) is 8.78 Å². The summed E-state index contributed by atoms with van der Waals surface area (Å²) in [6.07, 6.45) is -2.78. The van der Waals surface area contributed by atoms with E-state index in [1.54, 1.807) is 0 Å². The van der Waals surface area contributed by atoms with Crippen LogP contribution in [0, 0.1) is 10.1 Å². The second-order valence-electron chi connectivity index (χ2n) is 2.96. The molecule has 0 saturated heterocycles. The molecule has 0 saturated carbocycles. The molecular formula is C8H5BrF2N2O4. The Balaban J connectivity index is 3.38. The van der Waals surface area contributed by atoms with Crippen LogP contribution in [-0.2, 0) is 11.2 Å². The standard InChI is InChI=1S/C8H5BrF2N2O4/c9-6-3(1-4(14)15)2-12-8(13(16)17)5(6)7(10)11/h2,7H,1H2,(H,14,15). The highest BCUT2D eigenvalue weighted by Crippen LogP contribution is 2.35. The lowest BCUT2D eigenvalue weighted by Gasteiger charge is -2.06. The Morgan fingerprint density at radius 3 is 2.65 bits per heavy atom. The normalized spacial score (nSPS) is 10.6. The number of aromatic nitrogens is 1. The SMILES string of the molecule is O=C(O)Cc1cnc([N+](=O)[O-])c(C(F)F)c1Br. The Morgan fingerprint density at radius 2 is 2.24 bits per heavy atom. The van der Waals surface area contributed by atoms with Crippen molar-refractivity contribution in [3.8, 4) is 0 Å². The third-order valence-electron chi connectivity index (χ3n) is 1.83. The first-order valence-electron chi connectivity index (χ1n) is 4.16. The van der Waals surface area contributed by atoms with Gasteiger partial charge in [-0.1, -0.05) is 0 Å². The van der Waals surface area contributed by atoms with E-state index in [2.05, 4.69) is 20.9 Å².